The molecule has 0 atom stereocenters. The average Bonchev–Trinajstić information content (AvgIpc) is 2.70. The molecule has 0 bridgehead atoms. The highest BCUT2D eigenvalue weighted by Crippen LogP contribution is 2.17. The summed E-state index contributed by atoms with van der Waals surface area (Å²) in [6.07, 6.45) is 0.942. The van der Waals surface area contributed by atoms with Crippen molar-refractivity contribution < 1.29 is 23.8 Å². The summed E-state index contributed by atoms with van der Waals surface area (Å²) in [6.45, 7) is 5.17. The Kier molecular flexibility index (Phi) is 8.43. The molecule has 1 aromatic carbocycles. The number of thiocarbonyl (C=S) groups is 1. The van der Waals surface area contributed by atoms with Crippen molar-refractivity contribution in [3.63, 3.8) is 0 Å². The van der Waals surface area contributed by atoms with E-state index in [4.69, 9.17) is 26.4 Å². The van der Waals surface area contributed by atoms with Gasteiger partial charge in [-0.05, 0) is 43.4 Å². The van der Waals surface area contributed by atoms with Crippen molar-refractivity contribution in [1.29, 1.82) is 0 Å². The van der Waals surface area contributed by atoms with Gasteiger partial charge in [-0.1, -0.05) is 0 Å². The smallest absolute Gasteiger partial charge is 0.337 e. The zero-order valence-corrected chi connectivity index (χ0v) is 16.4. The molecule has 9 heteroatoms. The fourth-order valence-electron chi connectivity index (χ4n) is 2.68. The summed E-state index contributed by atoms with van der Waals surface area (Å²) in [4.78, 5) is 26.0. The lowest BCUT2D eigenvalue weighted by atomic mass is 10.1. The molecule has 2 N–H and O–H groups in total. The number of morpholine rings is 1. The highest BCUT2D eigenvalue weighted by molar-refractivity contribution is 7.80. The van der Waals surface area contributed by atoms with Crippen LogP contribution in [0.25, 0.3) is 0 Å². The van der Waals surface area contributed by atoms with E-state index in [0.717, 1.165) is 39.3 Å². The number of hydrogen-bond acceptors (Lipinski definition) is 7. The minimum absolute atomic E-state index is 0.234. The van der Waals surface area contributed by atoms with Gasteiger partial charge in [-0.2, -0.15) is 0 Å². The highest BCUT2D eigenvalue weighted by atomic mass is 32.1. The zero-order valence-electron chi connectivity index (χ0n) is 15.6. The van der Waals surface area contributed by atoms with Gasteiger partial charge in [-0.25, -0.2) is 9.59 Å². The van der Waals surface area contributed by atoms with Gasteiger partial charge in [0, 0.05) is 25.3 Å². The lowest BCUT2D eigenvalue weighted by Crippen LogP contribution is -2.38. The second-order valence-electron chi connectivity index (χ2n) is 5.97. The molecule has 0 aromatic heterocycles. The second kappa shape index (κ2) is 10.8. The third-order valence-corrected chi connectivity index (χ3v) is 4.32. The lowest BCUT2D eigenvalue weighted by Gasteiger charge is -2.26. The molecule has 1 aliphatic heterocycles. The van der Waals surface area contributed by atoms with Gasteiger partial charge in [0.1, 0.15) is 0 Å². The highest BCUT2D eigenvalue weighted by Gasteiger charge is 2.14. The molecular weight excluding hydrogens is 370 g/mol. The zero-order chi connectivity index (χ0) is 19.6. The van der Waals surface area contributed by atoms with Crippen LogP contribution in [-0.2, 0) is 14.2 Å². The fourth-order valence-corrected chi connectivity index (χ4v) is 2.90. The number of methoxy groups -OCH3 is 2. The first kappa shape index (κ1) is 21.1. The molecule has 148 valence electrons. The van der Waals surface area contributed by atoms with Crippen LogP contribution in [0.3, 0.4) is 0 Å². The maximum Gasteiger partial charge on any atom is 0.337 e. The van der Waals surface area contributed by atoms with Crippen LogP contribution >= 0.6 is 12.2 Å². The quantitative estimate of drug-likeness (QED) is 0.402. The van der Waals surface area contributed by atoms with Gasteiger partial charge in [-0.15, -0.1) is 0 Å². The molecule has 0 unspecified atom stereocenters. The Hall–Kier alpha value is -2.23. The van der Waals surface area contributed by atoms with Crippen molar-refractivity contribution in [2.45, 2.75) is 6.42 Å². The molecule has 0 amide bonds. The number of rotatable bonds is 7. The van der Waals surface area contributed by atoms with Crippen molar-refractivity contribution in [1.82, 2.24) is 10.2 Å². The molecule has 0 saturated carbocycles. The van der Waals surface area contributed by atoms with Gasteiger partial charge in [0.15, 0.2) is 5.11 Å². The SMILES string of the molecule is COC(=O)c1cc(NC(=S)NCCCN2CCOCC2)cc(C(=O)OC)c1. The minimum atomic E-state index is -0.548. The molecule has 1 saturated heterocycles. The Balaban J connectivity index is 1.89. The Labute approximate surface area is 164 Å². The van der Waals surface area contributed by atoms with E-state index in [-0.39, 0.29) is 11.1 Å². The summed E-state index contributed by atoms with van der Waals surface area (Å²) in [7, 11) is 2.56. The lowest BCUT2D eigenvalue weighted by molar-refractivity contribution is 0.0376. The van der Waals surface area contributed by atoms with E-state index in [2.05, 4.69) is 15.5 Å². The van der Waals surface area contributed by atoms with Gasteiger partial charge < -0.3 is 24.8 Å². The van der Waals surface area contributed by atoms with Crippen LogP contribution in [0.4, 0.5) is 5.69 Å². The van der Waals surface area contributed by atoms with E-state index < -0.39 is 11.9 Å². The maximum absolute atomic E-state index is 11.8. The summed E-state index contributed by atoms with van der Waals surface area (Å²) >= 11 is 5.29. The van der Waals surface area contributed by atoms with Crippen LogP contribution in [0, 0.1) is 0 Å². The maximum atomic E-state index is 11.8. The molecule has 1 fully saturated rings. The molecule has 8 nitrogen and oxygen atoms in total. The molecule has 1 heterocycles. The van der Waals surface area contributed by atoms with Gasteiger partial charge in [0.05, 0.1) is 38.6 Å². The standard InChI is InChI=1S/C18H25N3O5S/c1-24-16(22)13-10-14(17(23)25-2)12-15(11-13)20-18(27)19-4-3-5-21-6-8-26-9-7-21/h10-12H,3-9H2,1-2H3,(H2,19,20,27). The molecule has 0 aliphatic carbocycles. The van der Waals surface area contributed by atoms with E-state index >= 15 is 0 Å². The number of nitrogens with zero attached hydrogens (tertiary/aromatic N) is 1. The van der Waals surface area contributed by atoms with Crippen molar-refractivity contribution in [2.24, 2.45) is 0 Å². The predicted octanol–water partition coefficient (Wildman–Crippen LogP) is 1.27. The van der Waals surface area contributed by atoms with Crippen LogP contribution in [0.5, 0.6) is 0 Å². The molecule has 1 aliphatic rings. The Morgan fingerprint density at radius 1 is 1.11 bits per heavy atom. The first-order valence-corrected chi connectivity index (χ1v) is 9.11. The number of carbonyl (C=O) groups is 2. The Morgan fingerprint density at radius 2 is 1.70 bits per heavy atom. The van der Waals surface area contributed by atoms with Crippen LogP contribution in [0.1, 0.15) is 27.1 Å². The molecule has 2 rings (SSSR count). The van der Waals surface area contributed by atoms with Crippen molar-refractivity contribution >= 4 is 35.0 Å². The molecule has 27 heavy (non-hydrogen) atoms. The Bertz CT molecular complexity index is 643. The second-order valence-corrected chi connectivity index (χ2v) is 6.38. The number of carbonyl (C=O) groups excluding carboxylic acids is 2. The summed E-state index contributed by atoms with van der Waals surface area (Å²) in [6, 6.07) is 4.56. The van der Waals surface area contributed by atoms with E-state index in [0.29, 0.717) is 17.3 Å². The average molecular weight is 395 g/mol. The summed E-state index contributed by atoms with van der Waals surface area (Å²) in [5.41, 5.74) is 0.972. The number of esters is 2. The van der Waals surface area contributed by atoms with Crippen molar-refractivity contribution in [2.75, 3.05) is 58.9 Å². The monoisotopic (exact) mass is 395 g/mol. The first-order chi connectivity index (χ1) is 13.0. The van der Waals surface area contributed by atoms with Crippen molar-refractivity contribution in [3.05, 3.63) is 29.3 Å². The van der Waals surface area contributed by atoms with Gasteiger partial charge in [0.25, 0.3) is 0 Å². The minimum Gasteiger partial charge on any atom is -0.465 e. The van der Waals surface area contributed by atoms with E-state index in [1.165, 1.54) is 20.3 Å². The molecule has 1 aromatic rings. The molecule has 0 spiro atoms. The largest absolute Gasteiger partial charge is 0.465 e. The first-order valence-electron chi connectivity index (χ1n) is 8.70. The van der Waals surface area contributed by atoms with E-state index in [1.807, 2.05) is 0 Å². The summed E-state index contributed by atoms with van der Waals surface area (Å²) in [5.74, 6) is -1.10. The molecule has 0 radical (unpaired) electrons. The topological polar surface area (TPSA) is 89.1 Å². The van der Waals surface area contributed by atoms with Gasteiger partial charge >= 0.3 is 11.9 Å². The number of nitrogens with one attached hydrogen (secondary N) is 2. The Morgan fingerprint density at radius 3 is 2.26 bits per heavy atom. The third-order valence-electron chi connectivity index (χ3n) is 4.07. The number of anilines is 1. The predicted molar refractivity (Wildman–Crippen MR) is 105 cm³/mol. The van der Waals surface area contributed by atoms with Gasteiger partial charge in [0.2, 0.25) is 0 Å². The van der Waals surface area contributed by atoms with Gasteiger partial charge in [-0.3, -0.25) is 4.90 Å². The van der Waals surface area contributed by atoms with Crippen LogP contribution in [0.15, 0.2) is 18.2 Å². The van der Waals surface area contributed by atoms with Crippen LogP contribution in [-0.4, -0.2) is 75.6 Å². The summed E-state index contributed by atoms with van der Waals surface area (Å²) < 4.78 is 14.8. The normalized spacial score (nSPS) is 14.3. The fraction of sp³-hybridized carbons (Fsp3) is 0.500. The van der Waals surface area contributed by atoms with E-state index in [1.54, 1.807) is 12.1 Å². The summed E-state index contributed by atoms with van der Waals surface area (Å²) in [5, 5.41) is 6.53. The number of hydrogen-bond donors (Lipinski definition) is 2. The number of benzene rings is 1. The van der Waals surface area contributed by atoms with E-state index in [9.17, 15) is 9.59 Å². The van der Waals surface area contributed by atoms with Crippen LogP contribution < -0.4 is 10.6 Å². The molecular formula is C18H25N3O5S. The third kappa shape index (κ3) is 6.78. The van der Waals surface area contributed by atoms with Crippen molar-refractivity contribution in [3.8, 4) is 0 Å². The number of ether oxygens (including phenoxy) is 3. The van der Waals surface area contributed by atoms with Crippen LogP contribution in [0.2, 0.25) is 0 Å².